The Labute approximate surface area is 145 Å². The summed E-state index contributed by atoms with van der Waals surface area (Å²) in [6.07, 6.45) is 8.69. The van der Waals surface area contributed by atoms with Crippen molar-refractivity contribution in [3.63, 3.8) is 0 Å². The van der Waals surface area contributed by atoms with E-state index < -0.39 is 8.32 Å². The summed E-state index contributed by atoms with van der Waals surface area (Å²) in [5, 5.41) is 0.293. The van der Waals surface area contributed by atoms with Crippen LogP contribution in [0.1, 0.15) is 80.1 Å². The molecule has 0 aromatic heterocycles. The maximum atomic E-state index is 7.07. The van der Waals surface area contributed by atoms with Crippen molar-refractivity contribution in [2.75, 3.05) is 0 Å². The number of hydrogen-bond donors (Lipinski definition) is 0. The molecule has 0 saturated heterocycles. The normalized spacial score (nSPS) is 37.0. The highest BCUT2D eigenvalue weighted by Gasteiger charge is 2.56. The van der Waals surface area contributed by atoms with Crippen molar-refractivity contribution in [2.45, 2.75) is 104 Å². The van der Waals surface area contributed by atoms with E-state index in [0.717, 1.165) is 5.92 Å². The van der Waals surface area contributed by atoms with E-state index in [1.807, 2.05) is 5.57 Å². The lowest BCUT2D eigenvalue weighted by molar-refractivity contribution is 0.106. The summed E-state index contributed by atoms with van der Waals surface area (Å²) < 4.78 is 7.07. The second kappa shape index (κ2) is 5.21. The first-order chi connectivity index (χ1) is 10.4. The van der Waals surface area contributed by atoms with Crippen LogP contribution in [0, 0.1) is 16.7 Å². The number of fused-ring (bicyclic) bond motifs is 2. The third kappa shape index (κ3) is 2.78. The second-order valence-electron chi connectivity index (χ2n) is 11.1. The van der Waals surface area contributed by atoms with Crippen LogP contribution in [0.2, 0.25) is 18.1 Å². The minimum Gasteiger partial charge on any atom is -0.410 e. The molecule has 2 saturated carbocycles. The van der Waals surface area contributed by atoms with Crippen LogP contribution in [0.4, 0.5) is 0 Å². The van der Waals surface area contributed by atoms with Gasteiger partial charge >= 0.3 is 0 Å². The Morgan fingerprint density at radius 3 is 2.30 bits per heavy atom. The third-order valence-corrected chi connectivity index (χ3v) is 12.0. The standard InChI is InChI=1S/C21H38OSi/c1-19(2,3)23(7,8)22-18-17-15(13-20(18,4)5)14-21(6)12-10-9-11-16(17)21/h15,18H,9-14H2,1-8H3/t15-,18-,21-/m1/s1. The van der Waals surface area contributed by atoms with Crippen LogP contribution in [-0.4, -0.2) is 14.4 Å². The van der Waals surface area contributed by atoms with Crippen molar-refractivity contribution in [2.24, 2.45) is 16.7 Å². The molecule has 0 heterocycles. The van der Waals surface area contributed by atoms with Crippen molar-refractivity contribution in [3.8, 4) is 0 Å². The fourth-order valence-corrected chi connectivity index (χ4v) is 6.69. The van der Waals surface area contributed by atoms with E-state index in [-0.39, 0.29) is 0 Å². The molecule has 0 bridgehead atoms. The minimum atomic E-state index is -1.73. The Kier molecular flexibility index (Phi) is 4.01. The van der Waals surface area contributed by atoms with Gasteiger partial charge in [-0.25, -0.2) is 0 Å². The van der Waals surface area contributed by atoms with Gasteiger partial charge in [0.05, 0.1) is 6.10 Å². The minimum absolute atomic E-state index is 0.293. The molecule has 3 aliphatic rings. The summed E-state index contributed by atoms with van der Waals surface area (Å²) in [5.41, 5.74) is 4.40. The highest BCUT2D eigenvalue weighted by molar-refractivity contribution is 6.74. The average Bonchev–Trinajstić information content (AvgIpc) is 2.76. The highest BCUT2D eigenvalue weighted by Crippen LogP contribution is 2.63. The summed E-state index contributed by atoms with van der Waals surface area (Å²) in [4.78, 5) is 0. The van der Waals surface area contributed by atoms with Crippen LogP contribution in [0.15, 0.2) is 11.1 Å². The molecule has 3 aliphatic carbocycles. The first-order valence-electron chi connectivity index (χ1n) is 9.79. The zero-order valence-corrected chi connectivity index (χ0v) is 17.8. The molecule has 2 fully saturated rings. The van der Waals surface area contributed by atoms with Gasteiger partial charge < -0.3 is 4.43 Å². The van der Waals surface area contributed by atoms with Crippen molar-refractivity contribution in [3.05, 3.63) is 11.1 Å². The molecule has 3 atom stereocenters. The largest absolute Gasteiger partial charge is 0.410 e. The number of allylic oxidation sites excluding steroid dienone is 1. The fraction of sp³-hybridized carbons (Fsp3) is 0.905. The molecule has 132 valence electrons. The second-order valence-corrected chi connectivity index (χ2v) is 15.8. The van der Waals surface area contributed by atoms with Gasteiger partial charge in [-0.1, -0.05) is 53.5 Å². The van der Waals surface area contributed by atoms with E-state index in [0.29, 0.717) is 22.0 Å². The number of rotatable bonds is 2. The number of hydrogen-bond acceptors (Lipinski definition) is 1. The molecule has 0 aromatic carbocycles. The average molecular weight is 335 g/mol. The van der Waals surface area contributed by atoms with Crippen LogP contribution in [-0.2, 0) is 4.43 Å². The zero-order chi connectivity index (χ0) is 17.3. The lowest BCUT2D eigenvalue weighted by Crippen LogP contribution is -2.47. The molecule has 0 spiro atoms. The maximum absolute atomic E-state index is 7.07. The Morgan fingerprint density at radius 2 is 1.70 bits per heavy atom. The third-order valence-electron chi connectivity index (χ3n) is 7.60. The van der Waals surface area contributed by atoms with Gasteiger partial charge in [-0.05, 0) is 72.6 Å². The SMILES string of the molecule is CC1(C)C[C@@H]2C[C@@]3(C)CCCCC3=C2[C@H]1O[Si](C)(C)C(C)(C)C. The first-order valence-corrected chi connectivity index (χ1v) is 12.7. The first kappa shape index (κ1) is 17.7. The van der Waals surface area contributed by atoms with Crippen LogP contribution >= 0.6 is 0 Å². The Morgan fingerprint density at radius 1 is 1.04 bits per heavy atom. The molecule has 3 rings (SSSR count). The monoisotopic (exact) mass is 334 g/mol. The summed E-state index contributed by atoms with van der Waals surface area (Å²) in [7, 11) is -1.73. The van der Waals surface area contributed by atoms with E-state index in [2.05, 4.69) is 54.6 Å². The van der Waals surface area contributed by atoms with Gasteiger partial charge in [0.15, 0.2) is 8.32 Å². The van der Waals surface area contributed by atoms with E-state index in [1.165, 1.54) is 38.5 Å². The van der Waals surface area contributed by atoms with Crippen molar-refractivity contribution in [1.82, 2.24) is 0 Å². The van der Waals surface area contributed by atoms with Gasteiger partial charge in [-0.3, -0.25) is 0 Å². The smallest absolute Gasteiger partial charge is 0.192 e. The van der Waals surface area contributed by atoms with Gasteiger partial charge in [-0.2, -0.15) is 0 Å². The van der Waals surface area contributed by atoms with Crippen molar-refractivity contribution >= 4 is 8.32 Å². The lowest BCUT2D eigenvalue weighted by Gasteiger charge is -2.43. The molecule has 0 aromatic rings. The van der Waals surface area contributed by atoms with Crippen LogP contribution in [0.25, 0.3) is 0 Å². The molecule has 2 heteroatoms. The summed E-state index contributed by atoms with van der Waals surface area (Å²) in [6.45, 7) is 19.4. The molecule has 1 nitrogen and oxygen atoms in total. The summed E-state index contributed by atoms with van der Waals surface area (Å²) in [6, 6.07) is 0. The molecular formula is C21H38OSi. The van der Waals surface area contributed by atoms with E-state index in [9.17, 15) is 0 Å². The molecule has 0 amide bonds. The predicted octanol–water partition coefficient (Wildman–Crippen LogP) is 6.70. The van der Waals surface area contributed by atoms with Crippen LogP contribution in [0.5, 0.6) is 0 Å². The van der Waals surface area contributed by atoms with Gasteiger partial charge in [0.25, 0.3) is 0 Å². The molecule has 0 radical (unpaired) electrons. The summed E-state index contributed by atoms with van der Waals surface area (Å²) >= 11 is 0. The molecule has 0 unspecified atom stereocenters. The lowest BCUT2D eigenvalue weighted by atomic mass is 9.70. The van der Waals surface area contributed by atoms with Gasteiger partial charge in [0.2, 0.25) is 0 Å². The van der Waals surface area contributed by atoms with E-state index in [4.69, 9.17) is 4.43 Å². The molecular weight excluding hydrogens is 296 g/mol. The maximum Gasteiger partial charge on any atom is 0.192 e. The van der Waals surface area contributed by atoms with Gasteiger partial charge in [-0.15, -0.1) is 0 Å². The Balaban J connectivity index is 1.99. The van der Waals surface area contributed by atoms with Gasteiger partial charge in [0, 0.05) is 0 Å². The molecule has 0 aliphatic heterocycles. The topological polar surface area (TPSA) is 9.23 Å². The zero-order valence-electron chi connectivity index (χ0n) is 16.8. The fourth-order valence-electron chi connectivity index (χ4n) is 5.30. The predicted molar refractivity (Wildman–Crippen MR) is 102 cm³/mol. The van der Waals surface area contributed by atoms with Crippen LogP contribution < -0.4 is 0 Å². The van der Waals surface area contributed by atoms with Gasteiger partial charge in [0.1, 0.15) is 0 Å². The summed E-state index contributed by atoms with van der Waals surface area (Å²) in [5.74, 6) is 0.804. The molecule has 23 heavy (non-hydrogen) atoms. The quantitative estimate of drug-likeness (QED) is 0.403. The highest BCUT2D eigenvalue weighted by atomic mass is 28.4. The van der Waals surface area contributed by atoms with Crippen LogP contribution in [0.3, 0.4) is 0 Å². The van der Waals surface area contributed by atoms with Crippen molar-refractivity contribution < 1.29 is 4.43 Å². The van der Waals surface area contributed by atoms with E-state index >= 15 is 0 Å². The van der Waals surface area contributed by atoms with E-state index in [1.54, 1.807) is 5.57 Å². The Bertz CT molecular complexity index is 522. The Hall–Kier alpha value is -0.0831. The van der Waals surface area contributed by atoms with Crippen molar-refractivity contribution in [1.29, 1.82) is 0 Å². The molecule has 0 N–H and O–H groups in total.